The Morgan fingerprint density at radius 1 is 0.650 bits per heavy atom. The maximum Gasteiger partial charge on any atom is 0.522 e. The minimum absolute atomic E-state index is 0.134. The zero-order chi connectivity index (χ0) is 27.6. The molecule has 2 bridgehead atoms. The average Bonchev–Trinajstić information content (AvgIpc) is 3.22. The Kier molecular flexibility index (Phi) is 5.55. The molecule has 0 amide bonds. The van der Waals surface area contributed by atoms with Gasteiger partial charge in [0.2, 0.25) is 0 Å². The van der Waals surface area contributed by atoms with Crippen molar-refractivity contribution in [3.8, 4) is 33.4 Å². The summed E-state index contributed by atoms with van der Waals surface area (Å²) in [5.74, 6) is 0. The van der Waals surface area contributed by atoms with Gasteiger partial charge >= 0.3 is 6.36 Å². The Morgan fingerprint density at radius 3 is 2.15 bits per heavy atom. The fourth-order valence-corrected chi connectivity index (χ4v) is 7.12. The highest BCUT2D eigenvalue weighted by molar-refractivity contribution is 5.98. The third kappa shape index (κ3) is 3.52. The van der Waals surface area contributed by atoms with Crippen LogP contribution in [0.4, 0.5) is 13.2 Å². The first-order valence-corrected chi connectivity index (χ1v) is 13.5. The molecule has 0 radical (unpaired) electrons. The third-order valence-corrected chi connectivity index (χ3v) is 8.55. The van der Waals surface area contributed by atoms with Gasteiger partial charge in [-0.25, -0.2) is 0 Å². The summed E-state index contributed by atoms with van der Waals surface area (Å²) in [5, 5.41) is 0. The summed E-state index contributed by atoms with van der Waals surface area (Å²) in [7, 11) is 0. The quantitative estimate of drug-likeness (QED) is 0.219. The molecule has 5 aromatic carbocycles. The van der Waals surface area contributed by atoms with Gasteiger partial charge in [0.25, 0.3) is 0 Å². The lowest BCUT2D eigenvalue weighted by molar-refractivity contribution is -0.324. The molecule has 0 heterocycles. The Hall–Kier alpha value is -4.15. The Morgan fingerprint density at radius 2 is 1.35 bits per heavy atom. The summed E-state index contributed by atoms with van der Waals surface area (Å²) in [4.78, 5) is 0. The molecular formula is C36H27F3O. The number of hydrogen-bond donors (Lipinski definition) is 0. The molecule has 5 aromatic rings. The molecule has 0 saturated heterocycles. The van der Waals surface area contributed by atoms with Crippen LogP contribution in [0.1, 0.15) is 38.9 Å². The first-order chi connectivity index (χ1) is 19.3. The SMILES string of the molecule is Cc1ccc2c(c1)-c1ccc3c(CCOC(F)(F)F)c1C2(c1ccccc1)c1ccccc1-c1cccc(C)c1-3. The van der Waals surface area contributed by atoms with Gasteiger partial charge in [0.1, 0.15) is 0 Å². The molecule has 0 fully saturated rings. The minimum atomic E-state index is -4.69. The summed E-state index contributed by atoms with van der Waals surface area (Å²) in [6.07, 6.45) is -4.55. The predicted molar refractivity (Wildman–Crippen MR) is 153 cm³/mol. The third-order valence-electron chi connectivity index (χ3n) is 8.55. The van der Waals surface area contributed by atoms with Crippen LogP contribution in [0.3, 0.4) is 0 Å². The summed E-state index contributed by atoms with van der Waals surface area (Å²) in [5.41, 5.74) is 13.3. The second-order valence-corrected chi connectivity index (χ2v) is 10.8. The van der Waals surface area contributed by atoms with Crippen molar-refractivity contribution in [2.45, 2.75) is 32.0 Å². The number of benzene rings is 5. The number of alkyl halides is 3. The van der Waals surface area contributed by atoms with E-state index in [-0.39, 0.29) is 6.42 Å². The van der Waals surface area contributed by atoms with Crippen molar-refractivity contribution in [1.82, 2.24) is 0 Å². The van der Waals surface area contributed by atoms with Crippen molar-refractivity contribution >= 4 is 0 Å². The van der Waals surface area contributed by atoms with Crippen molar-refractivity contribution in [2.75, 3.05) is 6.61 Å². The van der Waals surface area contributed by atoms with E-state index in [1.54, 1.807) is 0 Å². The molecule has 0 saturated carbocycles. The number of fused-ring (bicyclic) bond motifs is 9. The highest BCUT2D eigenvalue weighted by atomic mass is 19.4. The molecular weight excluding hydrogens is 505 g/mol. The fourth-order valence-electron chi connectivity index (χ4n) is 7.12. The number of rotatable bonds is 4. The number of ether oxygens (including phenoxy) is 1. The molecule has 198 valence electrons. The first kappa shape index (κ1) is 24.9. The normalized spacial score (nSPS) is 16.5. The van der Waals surface area contributed by atoms with Crippen molar-refractivity contribution in [3.63, 3.8) is 0 Å². The highest BCUT2D eigenvalue weighted by Gasteiger charge is 2.50. The van der Waals surface area contributed by atoms with Crippen molar-refractivity contribution in [1.29, 1.82) is 0 Å². The van der Waals surface area contributed by atoms with Crippen LogP contribution in [0.5, 0.6) is 0 Å². The van der Waals surface area contributed by atoms with E-state index in [1.807, 2.05) is 18.2 Å². The molecule has 4 heteroatoms. The van der Waals surface area contributed by atoms with Crippen LogP contribution in [0.2, 0.25) is 0 Å². The van der Waals surface area contributed by atoms with Gasteiger partial charge in [-0.2, -0.15) is 0 Å². The maximum atomic E-state index is 13.2. The van der Waals surface area contributed by atoms with E-state index in [9.17, 15) is 13.2 Å². The van der Waals surface area contributed by atoms with E-state index in [1.165, 1.54) is 0 Å². The molecule has 7 rings (SSSR count). The van der Waals surface area contributed by atoms with E-state index in [0.29, 0.717) is 0 Å². The van der Waals surface area contributed by atoms with E-state index < -0.39 is 18.4 Å². The molecule has 40 heavy (non-hydrogen) atoms. The second-order valence-electron chi connectivity index (χ2n) is 10.8. The Labute approximate surface area is 231 Å². The van der Waals surface area contributed by atoms with E-state index in [4.69, 9.17) is 0 Å². The van der Waals surface area contributed by atoms with Crippen LogP contribution in [0, 0.1) is 13.8 Å². The largest absolute Gasteiger partial charge is 0.522 e. The molecule has 0 aliphatic heterocycles. The molecule has 1 unspecified atom stereocenters. The van der Waals surface area contributed by atoms with Gasteiger partial charge in [-0.1, -0.05) is 109 Å². The van der Waals surface area contributed by atoms with E-state index in [0.717, 1.165) is 72.3 Å². The van der Waals surface area contributed by atoms with Crippen LogP contribution in [-0.2, 0) is 16.6 Å². The van der Waals surface area contributed by atoms with Crippen LogP contribution in [0.15, 0.2) is 103 Å². The maximum absolute atomic E-state index is 13.2. The van der Waals surface area contributed by atoms with Gasteiger partial charge in [0, 0.05) is 0 Å². The van der Waals surface area contributed by atoms with Gasteiger partial charge in [-0.05, 0) is 87.0 Å². The van der Waals surface area contributed by atoms with Gasteiger partial charge in [0.15, 0.2) is 0 Å². The Balaban J connectivity index is 1.69. The summed E-state index contributed by atoms with van der Waals surface area (Å²) < 4.78 is 44.1. The van der Waals surface area contributed by atoms with Gasteiger partial charge < -0.3 is 0 Å². The zero-order valence-electron chi connectivity index (χ0n) is 22.3. The van der Waals surface area contributed by atoms with Crippen molar-refractivity contribution in [3.05, 3.63) is 142 Å². The smallest absolute Gasteiger partial charge is 0.292 e. The van der Waals surface area contributed by atoms with Crippen LogP contribution >= 0.6 is 0 Å². The minimum Gasteiger partial charge on any atom is -0.292 e. The predicted octanol–water partition coefficient (Wildman–Crippen LogP) is 9.39. The fraction of sp³-hybridized carbons (Fsp3) is 0.167. The van der Waals surface area contributed by atoms with Crippen LogP contribution < -0.4 is 0 Å². The van der Waals surface area contributed by atoms with Gasteiger partial charge in [0.05, 0.1) is 12.0 Å². The summed E-state index contributed by atoms with van der Waals surface area (Å²) in [6, 6.07) is 36.1. The van der Waals surface area contributed by atoms with E-state index >= 15 is 0 Å². The standard InChI is InChI=1S/C36H27F3O/c1-22-15-18-32-30(21-22)28-17-16-27-29(19-20-40-36(37,38)39)34(28)35(32,24-10-4-3-5-11-24)31-14-7-6-12-25(31)26-13-8-9-23(2)33(26)27/h3-18,21H,19-20H2,1-2H3. The van der Waals surface area contributed by atoms with Gasteiger partial charge in [-0.15, -0.1) is 13.2 Å². The molecule has 0 spiro atoms. The van der Waals surface area contributed by atoms with Crippen molar-refractivity contribution < 1.29 is 17.9 Å². The van der Waals surface area contributed by atoms with Crippen LogP contribution in [-0.4, -0.2) is 13.0 Å². The lowest BCUT2D eigenvalue weighted by atomic mass is 9.62. The Bertz CT molecular complexity index is 1780. The molecule has 0 N–H and O–H groups in total. The summed E-state index contributed by atoms with van der Waals surface area (Å²) in [6.45, 7) is 3.71. The first-order valence-electron chi connectivity index (χ1n) is 13.5. The number of hydrogen-bond acceptors (Lipinski definition) is 1. The molecule has 2 aliphatic rings. The monoisotopic (exact) mass is 532 g/mol. The molecule has 1 nitrogen and oxygen atoms in total. The zero-order valence-corrected chi connectivity index (χ0v) is 22.3. The van der Waals surface area contributed by atoms with E-state index in [2.05, 4.69) is 104 Å². The lowest BCUT2D eigenvalue weighted by Crippen LogP contribution is -2.32. The number of aryl methyl sites for hydroxylation is 2. The van der Waals surface area contributed by atoms with Crippen LogP contribution in [0.25, 0.3) is 33.4 Å². The highest BCUT2D eigenvalue weighted by Crippen LogP contribution is 2.61. The number of halogens is 3. The second kappa shape index (κ2) is 8.94. The van der Waals surface area contributed by atoms with Crippen molar-refractivity contribution in [2.24, 2.45) is 0 Å². The molecule has 2 aliphatic carbocycles. The average molecular weight is 533 g/mol. The molecule has 1 atom stereocenters. The molecule has 0 aromatic heterocycles. The topological polar surface area (TPSA) is 9.23 Å². The summed E-state index contributed by atoms with van der Waals surface area (Å²) >= 11 is 0. The lowest BCUT2D eigenvalue weighted by Gasteiger charge is -2.39. The van der Waals surface area contributed by atoms with Gasteiger partial charge in [-0.3, -0.25) is 4.74 Å².